The van der Waals surface area contributed by atoms with E-state index in [9.17, 15) is 0 Å². The van der Waals surface area contributed by atoms with Gasteiger partial charge in [0.2, 0.25) is 0 Å². The Hall–Kier alpha value is 1.44. The van der Waals surface area contributed by atoms with Gasteiger partial charge in [-0.3, -0.25) is 0 Å². The van der Waals surface area contributed by atoms with Crippen molar-refractivity contribution in [2.24, 2.45) is 0 Å². The van der Waals surface area contributed by atoms with Crippen LogP contribution in [0.2, 0.25) is 0 Å². The van der Waals surface area contributed by atoms with E-state index in [2.05, 4.69) is 55.4 Å². The molecule has 0 radical (unpaired) electrons. The molecule has 0 aromatic heterocycles. The van der Waals surface area contributed by atoms with Crippen molar-refractivity contribution in [3.8, 4) is 0 Å². The van der Waals surface area contributed by atoms with Crippen LogP contribution in [-0.4, -0.2) is 48.0 Å². The van der Waals surface area contributed by atoms with Crippen molar-refractivity contribution >= 4 is 15.8 Å². The maximum Gasteiger partial charge on any atom is 2.00 e. The summed E-state index contributed by atoms with van der Waals surface area (Å²) in [6, 6.07) is 0. The fraction of sp³-hybridized carbons (Fsp3) is 1.00. The van der Waals surface area contributed by atoms with Crippen LogP contribution in [0.5, 0.6) is 0 Å². The number of hydrogen-bond acceptors (Lipinski definition) is 0. The molecule has 0 aromatic carbocycles. The second kappa shape index (κ2) is 12.9. The summed E-state index contributed by atoms with van der Waals surface area (Å²) in [4.78, 5) is 0. The Labute approximate surface area is 144 Å². The molecule has 0 amide bonds. The normalized spacial score (nSPS) is 12.3. The van der Waals surface area contributed by atoms with Crippen molar-refractivity contribution in [1.29, 1.82) is 0 Å². The topological polar surface area (TPSA) is 14.1 Å². The van der Waals surface area contributed by atoms with Crippen molar-refractivity contribution in [2.45, 2.75) is 78.0 Å². The third-order valence-corrected chi connectivity index (χ3v) is 10.4. The minimum Gasteiger partial charge on any atom is -0.662 e. The number of nitrogens with zero attached hydrogens (tertiary/aromatic N) is 1. The maximum absolute atomic E-state index is 4.81. The van der Waals surface area contributed by atoms with E-state index in [0.29, 0.717) is 0 Å². The molecule has 0 bridgehead atoms. The summed E-state index contributed by atoms with van der Waals surface area (Å²) < 4.78 is 0. The first kappa shape index (κ1) is 23.7. The van der Waals surface area contributed by atoms with Gasteiger partial charge in [-0.15, -0.1) is 28.9 Å². The van der Waals surface area contributed by atoms with Crippen LogP contribution in [0.3, 0.4) is 0 Å². The van der Waals surface area contributed by atoms with Crippen LogP contribution in [0, 0.1) is 0 Å². The minimum atomic E-state index is 0. The zero-order valence-electron chi connectivity index (χ0n) is 14.8. The van der Waals surface area contributed by atoms with Crippen LogP contribution < -0.4 is 0 Å². The average molecular weight is 405 g/mol. The zero-order chi connectivity index (χ0) is 15.0. The molecule has 122 valence electrons. The summed E-state index contributed by atoms with van der Waals surface area (Å²) in [6.45, 7) is 21.2. The van der Waals surface area contributed by atoms with Gasteiger partial charge in [-0.2, -0.15) is 0 Å². The quantitative estimate of drug-likeness (QED) is 0.242. The maximum atomic E-state index is 4.81. The van der Waals surface area contributed by atoms with E-state index in [1.165, 1.54) is 12.3 Å². The fourth-order valence-electron chi connectivity index (χ4n) is 2.71. The van der Waals surface area contributed by atoms with Gasteiger partial charge >= 0.3 is 19.5 Å². The zero-order valence-corrected chi connectivity index (χ0v) is 18.4. The van der Waals surface area contributed by atoms with E-state index in [1.54, 1.807) is 0 Å². The summed E-state index contributed by atoms with van der Waals surface area (Å²) >= 11 is 0. The van der Waals surface area contributed by atoms with Gasteiger partial charge in [-0.1, -0.05) is 67.7 Å². The van der Waals surface area contributed by atoms with Gasteiger partial charge in [0.1, 0.15) is 0 Å². The Morgan fingerprint density at radius 3 is 1.05 bits per heavy atom. The average Bonchev–Trinajstić information content (AvgIpc) is 2.25. The van der Waals surface area contributed by atoms with Crippen molar-refractivity contribution in [3.05, 3.63) is 5.32 Å². The molecule has 0 aliphatic rings. The molecule has 0 aliphatic carbocycles. The third kappa shape index (κ3) is 10.2. The van der Waals surface area contributed by atoms with Crippen LogP contribution in [0.25, 0.3) is 5.32 Å². The predicted molar refractivity (Wildman–Crippen MR) is 97.2 cm³/mol. The summed E-state index contributed by atoms with van der Waals surface area (Å²) in [7, 11) is 0.352. The van der Waals surface area contributed by atoms with Crippen LogP contribution in [0.4, 0.5) is 0 Å². The van der Waals surface area contributed by atoms with Crippen molar-refractivity contribution in [2.75, 3.05) is 25.4 Å². The Bertz CT molecular complexity index is 183. The van der Waals surface area contributed by atoms with Crippen LogP contribution >= 0.6 is 15.8 Å². The molecular formula is C16H36NP2Ru+. The van der Waals surface area contributed by atoms with E-state index in [4.69, 9.17) is 5.32 Å². The van der Waals surface area contributed by atoms with E-state index >= 15 is 0 Å². The first-order valence-corrected chi connectivity index (χ1v) is 11.2. The molecule has 0 aliphatic heterocycles. The van der Waals surface area contributed by atoms with Gasteiger partial charge in [0, 0.05) is 0 Å². The molecule has 20 heavy (non-hydrogen) atoms. The second-order valence-corrected chi connectivity index (χ2v) is 13.6. The summed E-state index contributed by atoms with van der Waals surface area (Å²) in [5.41, 5.74) is 3.42. The molecule has 1 nitrogen and oxygen atoms in total. The molecule has 0 saturated heterocycles. The first-order valence-electron chi connectivity index (χ1n) is 7.92. The van der Waals surface area contributed by atoms with E-state index in [-0.39, 0.29) is 35.3 Å². The van der Waals surface area contributed by atoms with Gasteiger partial charge in [-0.25, -0.2) is 0 Å². The molecule has 0 aromatic rings. The van der Waals surface area contributed by atoms with Crippen molar-refractivity contribution in [3.63, 3.8) is 0 Å². The standard InChI is InChI=1S/C16H36NP2.Ru/c1-13(2)18(14(3)4)11-9-17-10-12-19(15(5)6)16(7)8;/h13-16H,9-12H2,1-8H3;/q-1;+2. The molecule has 0 saturated carbocycles. The Morgan fingerprint density at radius 2 is 0.850 bits per heavy atom. The SMILES string of the molecule is CC(C)P(CC[N-]CCP(C(C)C)C(C)C)C(C)C.[Ru+2]. The van der Waals surface area contributed by atoms with E-state index in [0.717, 1.165) is 35.7 Å². The molecular weight excluding hydrogens is 369 g/mol. The molecule has 0 unspecified atom stereocenters. The smallest absolute Gasteiger partial charge is 0.662 e. The fourth-order valence-corrected chi connectivity index (χ4v) is 7.90. The molecule has 0 N–H and O–H groups in total. The predicted octanol–water partition coefficient (Wildman–Crippen LogP) is 5.96. The molecule has 4 heteroatoms. The molecule has 0 spiro atoms. The van der Waals surface area contributed by atoms with Gasteiger partial charge in [0.25, 0.3) is 0 Å². The molecule has 0 heterocycles. The first-order chi connectivity index (χ1) is 8.77. The van der Waals surface area contributed by atoms with Crippen molar-refractivity contribution < 1.29 is 19.5 Å². The van der Waals surface area contributed by atoms with Crippen LogP contribution in [0.1, 0.15) is 55.4 Å². The minimum absolute atomic E-state index is 0. The van der Waals surface area contributed by atoms with Gasteiger partial charge < -0.3 is 5.32 Å². The van der Waals surface area contributed by atoms with Gasteiger partial charge in [-0.05, 0) is 22.6 Å². The van der Waals surface area contributed by atoms with Crippen molar-refractivity contribution in [1.82, 2.24) is 0 Å². The monoisotopic (exact) mass is 406 g/mol. The number of hydrogen-bond donors (Lipinski definition) is 0. The summed E-state index contributed by atoms with van der Waals surface area (Å²) in [5, 5.41) is 4.81. The molecule has 0 fully saturated rings. The Morgan fingerprint density at radius 1 is 0.600 bits per heavy atom. The molecule has 0 rings (SSSR count). The van der Waals surface area contributed by atoms with E-state index in [1.807, 2.05) is 0 Å². The van der Waals surface area contributed by atoms with Gasteiger partial charge in [0.15, 0.2) is 0 Å². The van der Waals surface area contributed by atoms with Crippen LogP contribution in [0.15, 0.2) is 0 Å². The Kier molecular flexibility index (Phi) is 15.3. The largest absolute Gasteiger partial charge is 2.00 e. The van der Waals surface area contributed by atoms with Gasteiger partial charge in [0.05, 0.1) is 0 Å². The number of rotatable bonds is 10. The summed E-state index contributed by atoms with van der Waals surface area (Å²) in [6.07, 6.45) is 2.68. The summed E-state index contributed by atoms with van der Waals surface area (Å²) in [5.74, 6) is 0. The third-order valence-electron chi connectivity index (χ3n) is 3.69. The van der Waals surface area contributed by atoms with Crippen LogP contribution in [-0.2, 0) is 19.5 Å². The molecule has 0 atom stereocenters. The van der Waals surface area contributed by atoms with E-state index < -0.39 is 0 Å². The second-order valence-electron chi connectivity index (χ2n) is 6.52. The Balaban J connectivity index is 0.